The number of aromatic amines is 1. The highest BCUT2D eigenvalue weighted by molar-refractivity contribution is 5.98. The van der Waals surface area contributed by atoms with E-state index in [1.807, 2.05) is 12.1 Å². The predicted molar refractivity (Wildman–Crippen MR) is 93.2 cm³/mol. The fraction of sp³-hybridized carbons (Fsp3) is 0.158. The van der Waals surface area contributed by atoms with Crippen LogP contribution in [0.25, 0.3) is 10.9 Å². The summed E-state index contributed by atoms with van der Waals surface area (Å²) in [5.41, 5.74) is -0.00759. The van der Waals surface area contributed by atoms with Crippen molar-refractivity contribution in [1.82, 2.24) is 4.98 Å². The third-order valence-electron chi connectivity index (χ3n) is 3.86. The van der Waals surface area contributed by atoms with Crippen molar-refractivity contribution in [1.29, 1.82) is 0 Å². The predicted octanol–water partition coefficient (Wildman–Crippen LogP) is 4.37. The molecule has 0 aliphatic heterocycles. The van der Waals surface area contributed by atoms with Crippen LogP contribution in [0.3, 0.4) is 0 Å². The Labute approximate surface area is 152 Å². The van der Waals surface area contributed by atoms with Crippen LogP contribution >= 0.6 is 0 Å². The van der Waals surface area contributed by atoms with E-state index in [1.165, 1.54) is 19.1 Å². The lowest BCUT2D eigenvalue weighted by Gasteiger charge is -2.14. The summed E-state index contributed by atoms with van der Waals surface area (Å²) in [4.78, 5) is 27.2. The number of nitrogens with one attached hydrogen (secondary N) is 2. The summed E-state index contributed by atoms with van der Waals surface area (Å²) in [6.07, 6.45) is -5.72. The first-order chi connectivity index (χ1) is 12.7. The second kappa shape index (κ2) is 7.14. The topological polar surface area (TPSA) is 71.2 Å². The van der Waals surface area contributed by atoms with Crippen molar-refractivity contribution in [2.45, 2.75) is 19.2 Å². The lowest BCUT2D eigenvalue weighted by Crippen LogP contribution is -2.30. The Morgan fingerprint density at radius 3 is 2.52 bits per heavy atom. The summed E-state index contributed by atoms with van der Waals surface area (Å²) in [5, 5.41) is 3.12. The van der Waals surface area contributed by atoms with Crippen LogP contribution in [-0.2, 0) is 15.7 Å². The normalized spacial score (nSPS) is 12.6. The van der Waals surface area contributed by atoms with Gasteiger partial charge in [0, 0.05) is 16.6 Å². The number of carbonyl (C=O) groups is 2. The van der Waals surface area contributed by atoms with Crippen molar-refractivity contribution >= 4 is 28.5 Å². The molecular formula is C19H15F3N2O3. The molecule has 27 heavy (non-hydrogen) atoms. The quantitative estimate of drug-likeness (QED) is 0.664. The lowest BCUT2D eigenvalue weighted by molar-refractivity contribution is -0.137. The van der Waals surface area contributed by atoms with Crippen LogP contribution in [0, 0.1) is 0 Å². The van der Waals surface area contributed by atoms with Gasteiger partial charge in [0.05, 0.1) is 5.56 Å². The first-order valence-electron chi connectivity index (χ1n) is 8.01. The van der Waals surface area contributed by atoms with Crippen molar-refractivity contribution in [3.05, 3.63) is 65.9 Å². The van der Waals surface area contributed by atoms with Gasteiger partial charge in [-0.2, -0.15) is 13.2 Å². The molecule has 140 valence electrons. The van der Waals surface area contributed by atoms with Gasteiger partial charge < -0.3 is 15.0 Å². The molecule has 0 aliphatic carbocycles. The summed E-state index contributed by atoms with van der Waals surface area (Å²) in [7, 11) is 0. The standard InChI is InChI=1S/C19H15F3N2O3/c1-11(17(25)23-14-7-4-6-13(10-14)19(20,21)22)27-18(26)16-9-12-5-2-3-8-15(12)24-16/h2-11,24H,1H3,(H,23,25). The monoisotopic (exact) mass is 376 g/mol. The molecule has 1 atom stereocenters. The molecule has 5 nitrogen and oxygen atoms in total. The zero-order chi connectivity index (χ0) is 19.6. The Balaban J connectivity index is 1.66. The fourth-order valence-electron chi connectivity index (χ4n) is 2.48. The summed E-state index contributed by atoms with van der Waals surface area (Å²) in [6.45, 7) is 1.34. The van der Waals surface area contributed by atoms with Crippen LogP contribution < -0.4 is 5.32 Å². The number of rotatable bonds is 4. The van der Waals surface area contributed by atoms with E-state index < -0.39 is 29.7 Å². The fourth-order valence-corrected chi connectivity index (χ4v) is 2.48. The molecule has 0 saturated carbocycles. The Morgan fingerprint density at radius 2 is 1.81 bits per heavy atom. The van der Waals surface area contributed by atoms with Gasteiger partial charge in [-0.15, -0.1) is 0 Å². The van der Waals surface area contributed by atoms with E-state index in [1.54, 1.807) is 18.2 Å². The molecular weight excluding hydrogens is 361 g/mol. The summed E-state index contributed by atoms with van der Waals surface area (Å²) in [5.74, 6) is -1.48. The average molecular weight is 376 g/mol. The van der Waals surface area contributed by atoms with Gasteiger partial charge in [-0.1, -0.05) is 24.3 Å². The maximum Gasteiger partial charge on any atom is 0.416 e. The number of H-pyrrole nitrogens is 1. The molecule has 0 spiro atoms. The number of hydrogen-bond donors (Lipinski definition) is 2. The maximum atomic E-state index is 12.7. The minimum atomic E-state index is -4.52. The minimum Gasteiger partial charge on any atom is -0.448 e. The van der Waals surface area contributed by atoms with E-state index >= 15 is 0 Å². The Morgan fingerprint density at radius 1 is 1.07 bits per heavy atom. The number of halogens is 3. The van der Waals surface area contributed by atoms with Crippen molar-refractivity contribution in [2.75, 3.05) is 5.32 Å². The molecule has 0 fully saturated rings. The Bertz CT molecular complexity index is 962. The van der Waals surface area contributed by atoms with Crippen molar-refractivity contribution < 1.29 is 27.5 Å². The molecule has 2 aromatic carbocycles. The largest absolute Gasteiger partial charge is 0.448 e. The van der Waals surface area contributed by atoms with E-state index in [2.05, 4.69) is 10.3 Å². The van der Waals surface area contributed by atoms with Gasteiger partial charge in [-0.05, 0) is 37.3 Å². The number of hydrogen-bond acceptors (Lipinski definition) is 3. The van der Waals surface area contributed by atoms with Gasteiger partial charge in [0.25, 0.3) is 5.91 Å². The van der Waals surface area contributed by atoms with Gasteiger partial charge in [-0.25, -0.2) is 4.79 Å². The third-order valence-corrected chi connectivity index (χ3v) is 3.86. The van der Waals surface area contributed by atoms with E-state index in [4.69, 9.17) is 4.74 Å². The van der Waals surface area contributed by atoms with Gasteiger partial charge in [0.15, 0.2) is 6.10 Å². The van der Waals surface area contributed by atoms with Crippen molar-refractivity contribution in [3.8, 4) is 0 Å². The molecule has 1 heterocycles. The highest BCUT2D eigenvalue weighted by Gasteiger charge is 2.30. The second-order valence-electron chi connectivity index (χ2n) is 5.89. The van der Waals surface area contributed by atoms with Crippen LogP contribution in [-0.4, -0.2) is 23.0 Å². The van der Waals surface area contributed by atoms with Crippen LogP contribution in [0.2, 0.25) is 0 Å². The first-order valence-corrected chi connectivity index (χ1v) is 8.01. The van der Waals surface area contributed by atoms with Crippen molar-refractivity contribution in [3.63, 3.8) is 0 Å². The number of aromatic nitrogens is 1. The molecule has 2 N–H and O–H groups in total. The summed E-state index contributed by atoms with van der Waals surface area (Å²) < 4.78 is 43.3. The number of benzene rings is 2. The van der Waals surface area contributed by atoms with Crippen molar-refractivity contribution in [2.24, 2.45) is 0 Å². The van der Waals surface area contributed by atoms with Crippen LogP contribution in [0.4, 0.5) is 18.9 Å². The Hall–Kier alpha value is -3.29. The Kier molecular flexibility index (Phi) is 4.89. The lowest BCUT2D eigenvalue weighted by atomic mass is 10.2. The summed E-state index contributed by atoms with van der Waals surface area (Å²) in [6, 6.07) is 13.0. The molecule has 0 bridgehead atoms. The molecule has 1 aromatic heterocycles. The third kappa shape index (κ3) is 4.28. The van der Waals surface area contributed by atoms with Crippen LogP contribution in [0.1, 0.15) is 23.0 Å². The number of carbonyl (C=O) groups excluding carboxylic acids is 2. The molecule has 1 amide bonds. The summed E-state index contributed by atoms with van der Waals surface area (Å²) >= 11 is 0. The van der Waals surface area contributed by atoms with Gasteiger partial charge in [-0.3, -0.25) is 4.79 Å². The first kappa shape index (κ1) is 18.5. The zero-order valence-corrected chi connectivity index (χ0v) is 14.1. The number of fused-ring (bicyclic) bond motifs is 1. The second-order valence-corrected chi connectivity index (χ2v) is 5.89. The SMILES string of the molecule is CC(OC(=O)c1cc2ccccc2[nH]1)C(=O)Nc1cccc(C(F)(F)F)c1. The van der Waals surface area contributed by atoms with E-state index in [-0.39, 0.29) is 11.4 Å². The van der Waals surface area contributed by atoms with Gasteiger partial charge in [0.2, 0.25) is 0 Å². The van der Waals surface area contributed by atoms with Crippen LogP contribution in [0.5, 0.6) is 0 Å². The molecule has 3 aromatic rings. The number of ether oxygens (including phenoxy) is 1. The average Bonchev–Trinajstić information content (AvgIpc) is 3.05. The zero-order valence-electron chi connectivity index (χ0n) is 14.1. The minimum absolute atomic E-state index is 0.0386. The molecule has 1 unspecified atom stereocenters. The van der Waals surface area contributed by atoms with E-state index in [9.17, 15) is 22.8 Å². The number of para-hydroxylation sites is 1. The highest BCUT2D eigenvalue weighted by atomic mass is 19.4. The molecule has 8 heteroatoms. The molecule has 0 radical (unpaired) electrons. The smallest absolute Gasteiger partial charge is 0.416 e. The van der Waals surface area contributed by atoms with Gasteiger partial charge >= 0.3 is 12.1 Å². The van der Waals surface area contributed by atoms with Crippen LogP contribution in [0.15, 0.2) is 54.6 Å². The molecule has 3 rings (SSSR count). The molecule has 0 aliphatic rings. The number of alkyl halides is 3. The number of amides is 1. The molecule has 0 saturated heterocycles. The highest BCUT2D eigenvalue weighted by Crippen LogP contribution is 2.30. The van der Waals surface area contributed by atoms with E-state index in [0.717, 1.165) is 23.0 Å². The number of anilines is 1. The van der Waals surface area contributed by atoms with Gasteiger partial charge in [0.1, 0.15) is 5.69 Å². The number of esters is 1. The maximum absolute atomic E-state index is 12.7. The van der Waals surface area contributed by atoms with E-state index in [0.29, 0.717) is 0 Å².